The SMILES string of the molecule is CNc1nnc(SCC(=O)N2CCCC[C@H]2C(N)=O)s1. The molecule has 0 aromatic carbocycles. The highest BCUT2D eigenvalue weighted by Gasteiger charge is 2.30. The molecule has 7 nitrogen and oxygen atoms in total. The van der Waals surface area contributed by atoms with Crippen LogP contribution in [-0.2, 0) is 9.59 Å². The van der Waals surface area contributed by atoms with E-state index in [9.17, 15) is 9.59 Å². The molecule has 1 aromatic heterocycles. The van der Waals surface area contributed by atoms with Crippen molar-refractivity contribution in [3.8, 4) is 0 Å². The van der Waals surface area contributed by atoms with Gasteiger partial charge in [-0.1, -0.05) is 23.1 Å². The molecule has 1 aliphatic heterocycles. The highest BCUT2D eigenvalue weighted by molar-refractivity contribution is 8.01. The van der Waals surface area contributed by atoms with Crippen LogP contribution >= 0.6 is 23.1 Å². The Bertz CT molecular complexity index is 493. The number of hydrogen-bond donors (Lipinski definition) is 2. The minimum atomic E-state index is -0.459. The van der Waals surface area contributed by atoms with E-state index >= 15 is 0 Å². The standard InChI is InChI=1S/C11H17N5O2S2/c1-13-10-14-15-11(20-10)19-6-8(17)16-5-3-2-4-7(16)9(12)18/h7H,2-6H2,1H3,(H2,12,18)(H,13,14)/t7-/m0/s1. The predicted octanol–water partition coefficient (Wildman–Crippen LogP) is 0.538. The van der Waals surface area contributed by atoms with E-state index in [2.05, 4.69) is 15.5 Å². The van der Waals surface area contributed by atoms with Crippen molar-refractivity contribution in [1.82, 2.24) is 15.1 Å². The van der Waals surface area contributed by atoms with Crippen molar-refractivity contribution in [2.45, 2.75) is 29.6 Å². The monoisotopic (exact) mass is 315 g/mol. The van der Waals surface area contributed by atoms with Crippen LogP contribution in [0.3, 0.4) is 0 Å². The third-order valence-corrected chi connectivity index (χ3v) is 5.15. The number of carbonyl (C=O) groups excluding carboxylic acids is 2. The molecule has 20 heavy (non-hydrogen) atoms. The maximum Gasteiger partial charge on any atom is 0.240 e. The zero-order valence-corrected chi connectivity index (χ0v) is 12.8. The van der Waals surface area contributed by atoms with Crippen LogP contribution in [-0.4, -0.2) is 52.3 Å². The predicted molar refractivity (Wildman–Crippen MR) is 78.7 cm³/mol. The van der Waals surface area contributed by atoms with Gasteiger partial charge in [0, 0.05) is 13.6 Å². The molecule has 1 atom stereocenters. The lowest BCUT2D eigenvalue weighted by atomic mass is 10.0. The minimum absolute atomic E-state index is 0.0697. The van der Waals surface area contributed by atoms with Gasteiger partial charge >= 0.3 is 0 Å². The number of rotatable bonds is 5. The Morgan fingerprint density at radius 2 is 2.30 bits per heavy atom. The van der Waals surface area contributed by atoms with Crippen molar-refractivity contribution in [2.24, 2.45) is 5.73 Å². The highest BCUT2D eigenvalue weighted by atomic mass is 32.2. The number of thioether (sulfide) groups is 1. The summed E-state index contributed by atoms with van der Waals surface area (Å²) in [7, 11) is 1.77. The van der Waals surface area contributed by atoms with E-state index in [0.29, 0.717) is 18.1 Å². The molecular formula is C11H17N5O2S2. The van der Waals surface area contributed by atoms with Crippen LogP contribution in [0.5, 0.6) is 0 Å². The molecule has 2 heterocycles. The fourth-order valence-electron chi connectivity index (χ4n) is 2.10. The van der Waals surface area contributed by atoms with E-state index in [1.54, 1.807) is 11.9 Å². The number of nitrogens with two attached hydrogens (primary N) is 1. The first-order valence-electron chi connectivity index (χ1n) is 6.34. The highest BCUT2D eigenvalue weighted by Crippen LogP contribution is 2.26. The van der Waals surface area contributed by atoms with Crippen LogP contribution in [0, 0.1) is 0 Å². The quantitative estimate of drug-likeness (QED) is 0.769. The fourth-order valence-corrected chi connectivity index (χ4v) is 3.69. The van der Waals surface area contributed by atoms with Crippen molar-refractivity contribution in [2.75, 3.05) is 24.7 Å². The molecule has 2 amide bonds. The zero-order chi connectivity index (χ0) is 14.5. The third-order valence-electron chi connectivity index (χ3n) is 3.09. The van der Waals surface area contributed by atoms with E-state index in [0.717, 1.165) is 17.2 Å². The fraction of sp³-hybridized carbons (Fsp3) is 0.636. The first-order valence-corrected chi connectivity index (χ1v) is 8.15. The maximum atomic E-state index is 12.2. The van der Waals surface area contributed by atoms with E-state index < -0.39 is 11.9 Å². The topological polar surface area (TPSA) is 101 Å². The van der Waals surface area contributed by atoms with E-state index in [1.807, 2.05) is 0 Å². The number of aromatic nitrogens is 2. The average Bonchev–Trinajstić information content (AvgIpc) is 2.92. The van der Waals surface area contributed by atoms with Gasteiger partial charge in [-0.3, -0.25) is 9.59 Å². The number of hydrogen-bond acceptors (Lipinski definition) is 7. The Kier molecular flexibility index (Phi) is 5.18. The number of nitrogens with one attached hydrogen (secondary N) is 1. The molecule has 0 unspecified atom stereocenters. The van der Waals surface area contributed by atoms with Gasteiger partial charge in [0.1, 0.15) is 6.04 Å². The Balaban J connectivity index is 1.91. The van der Waals surface area contributed by atoms with Crippen molar-refractivity contribution in [1.29, 1.82) is 0 Å². The van der Waals surface area contributed by atoms with Crippen LogP contribution < -0.4 is 11.1 Å². The van der Waals surface area contributed by atoms with Crippen LogP contribution in [0.1, 0.15) is 19.3 Å². The molecule has 1 aromatic rings. The number of primary amides is 1. The summed E-state index contributed by atoms with van der Waals surface area (Å²) in [4.78, 5) is 25.2. The third kappa shape index (κ3) is 3.60. The summed E-state index contributed by atoms with van der Waals surface area (Å²) in [6.45, 7) is 0.602. The first-order chi connectivity index (χ1) is 9.61. The summed E-state index contributed by atoms with van der Waals surface area (Å²) in [5.41, 5.74) is 5.36. The van der Waals surface area contributed by atoms with Crippen molar-refractivity contribution < 1.29 is 9.59 Å². The molecule has 0 spiro atoms. The molecule has 1 aliphatic rings. The second kappa shape index (κ2) is 6.89. The summed E-state index contributed by atoms with van der Waals surface area (Å²) >= 11 is 2.73. The van der Waals surface area contributed by atoms with E-state index in [4.69, 9.17) is 5.73 Å². The Labute approximate surface area is 125 Å². The molecule has 1 fully saturated rings. The molecule has 0 saturated carbocycles. The summed E-state index contributed by atoms with van der Waals surface area (Å²) in [5, 5.41) is 11.5. The number of amides is 2. The van der Waals surface area contributed by atoms with Gasteiger partial charge in [0.25, 0.3) is 0 Å². The van der Waals surface area contributed by atoms with Crippen LogP contribution in [0.4, 0.5) is 5.13 Å². The minimum Gasteiger partial charge on any atom is -0.368 e. The van der Waals surface area contributed by atoms with Gasteiger partial charge < -0.3 is 16.0 Å². The summed E-state index contributed by atoms with van der Waals surface area (Å²) < 4.78 is 0.732. The Morgan fingerprint density at radius 3 is 2.95 bits per heavy atom. The first kappa shape index (κ1) is 15.0. The summed E-state index contributed by atoms with van der Waals surface area (Å²) in [6, 6.07) is -0.459. The Morgan fingerprint density at radius 1 is 1.50 bits per heavy atom. The van der Waals surface area contributed by atoms with Crippen molar-refractivity contribution in [3.05, 3.63) is 0 Å². The van der Waals surface area contributed by atoms with E-state index in [1.165, 1.54) is 23.1 Å². The molecule has 9 heteroatoms. The molecule has 110 valence electrons. The van der Waals surface area contributed by atoms with Gasteiger partial charge in [-0.15, -0.1) is 10.2 Å². The van der Waals surface area contributed by atoms with E-state index in [-0.39, 0.29) is 11.7 Å². The number of carbonyl (C=O) groups is 2. The molecule has 3 N–H and O–H groups in total. The van der Waals surface area contributed by atoms with Crippen LogP contribution in [0.2, 0.25) is 0 Å². The van der Waals surface area contributed by atoms with Crippen LogP contribution in [0.15, 0.2) is 4.34 Å². The van der Waals surface area contributed by atoms with Crippen LogP contribution in [0.25, 0.3) is 0 Å². The number of likely N-dealkylation sites (tertiary alicyclic amines) is 1. The van der Waals surface area contributed by atoms with Gasteiger partial charge in [-0.25, -0.2) is 0 Å². The lowest BCUT2D eigenvalue weighted by Gasteiger charge is -2.33. The van der Waals surface area contributed by atoms with Crippen molar-refractivity contribution >= 4 is 40.0 Å². The second-order valence-electron chi connectivity index (χ2n) is 4.41. The summed E-state index contributed by atoms with van der Waals surface area (Å²) in [5.74, 6) is -0.238. The second-order valence-corrected chi connectivity index (χ2v) is 6.61. The van der Waals surface area contributed by atoms with Gasteiger partial charge in [-0.2, -0.15) is 0 Å². The van der Waals surface area contributed by atoms with Crippen molar-refractivity contribution in [3.63, 3.8) is 0 Å². The maximum absolute atomic E-state index is 12.2. The molecule has 0 bridgehead atoms. The number of piperidine rings is 1. The normalized spacial score (nSPS) is 18.9. The lowest BCUT2D eigenvalue weighted by Crippen LogP contribution is -2.51. The molecule has 1 saturated heterocycles. The molecule has 2 rings (SSSR count). The number of nitrogens with zero attached hydrogens (tertiary/aromatic N) is 3. The van der Waals surface area contributed by atoms with Gasteiger partial charge in [-0.05, 0) is 19.3 Å². The molecule has 0 aliphatic carbocycles. The smallest absolute Gasteiger partial charge is 0.240 e. The average molecular weight is 315 g/mol. The molecule has 0 radical (unpaired) electrons. The number of anilines is 1. The lowest BCUT2D eigenvalue weighted by molar-refractivity contribution is -0.138. The largest absolute Gasteiger partial charge is 0.368 e. The molecular weight excluding hydrogens is 298 g/mol. The summed E-state index contributed by atoms with van der Waals surface area (Å²) in [6.07, 6.45) is 2.52. The zero-order valence-electron chi connectivity index (χ0n) is 11.2. The van der Waals surface area contributed by atoms with Gasteiger partial charge in [0.2, 0.25) is 16.9 Å². The Hall–Kier alpha value is -1.35. The van der Waals surface area contributed by atoms with Gasteiger partial charge in [0.15, 0.2) is 4.34 Å². The van der Waals surface area contributed by atoms with Gasteiger partial charge in [0.05, 0.1) is 5.75 Å².